The lowest BCUT2D eigenvalue weighted by Gasteiger charge is -2.53. The Labute approximate surface area is 118 Å². The van der Waals surface area contributed by atoms with E-state index in [0.29, 0.717) is 5.92 Å². The number of likely N-dealkylation sites (N-methyl/N-ethyl adjacent to an activating group) is 1. The molecule has 0 radical (unpaired) electrons. The Morgan fingerprint density at radius 1 is 1.11 bits per heavy atom. The summed E-state index contributed by atoms with van der Waals surface area (Å²) in [4.78, 5) is 4.87. The number of hydrogen-bond donors (Lipinski definition) is 0. The van der Waals surface area contributed by atoms with Crippen molar-refractivity contribution in [3.63, 3.8) is 0 Å². The van der Waals surface area contributed by atoms with Gasteiger partial charge in [-0.3, -0.25) is 4.90 Å². The van der Waals surface area contributed by atoms with Crippen LogP contribution in [0.3, 0.4) is 0 Å². The van der Waals surface area contributed by atoms with Crippen LogP contribution in [0.5, 0.6) is 0 Å². The highest BCUT2D eigenvalue weighted by atomic mass is 15.3. The van der Waals surface area contributed by atoms with Gasteiger partial charge in [0.1, 0.15) is 5.54 Å². The molecule has 0 aromatic rings. The predicted molar refractivity (Wildman–Crippen MR) is 78.8 cm³/mol. The van der Waals surface area contributed by atoms with Crippen molar-refractivity contribution in [3.05, 3.63) is 0 Å². The maximum atomic E-state index is 9.99. The van der Waals surface area contributed by atoms with Crippen molar-refractivity contribution in [2.45, 2.75) is 52.0 Å². The molecule has 108 valence electrons. The van der Waals surface area contributed by atoms with E-state index in [1.165, 1.54) is 19.3 Å². The van der Waals surface area contributed by atoms with Gasteiger partial charge in [0, 0.05) is 26.2 Å². The molecule has 2 rings (SSSR count). The van der Waals surface area contributed by atoms with Crippen LogP contribution in [0.25, 0.3) is 0 Å². The number of nitrogens with zero attached hydrogens (tertiary/aromatic N) is 3. The Morgan fingerprint density at radius 3 is 2.26 bits per heavy atom. The minimum absolute atomic E-state index is 0.211. The molecule has 0 spiro atoms. The van der Waals surface area contributed by atoms with Crippen molar-refractivity contribution in [1.29, 1.82) is 5.26 Å². The lowest BCUT2D eigenvalue weighted by atomic mass is 9.61. The van der Waals surface area contributed by atoms with Crippen LogP contribution in [0.15, 0.2) is 0 Å². The molecule has 3 heteroatoms. The largest absolute Gasteiger partial charge is 0.304 e. The monoisotopic (exact) mass is 263 g/mol. The van der Waals surface area contributed by atoms with Gasteiger partial charge in [-0.25, -0.2) is 0 Å². The van der Waals surface area contributed by atoms with Gasteiger partial charge in [-0.15, -0.1) is 0 Å². The molecule has 1 saturated carbocycles. The Kier molecular flexibility index (Phi) is 4.23. The smallest absolute Gasteiger partial charge is 0.112 e. The fraction of sp³-hybridized carbons (Fsp3) is 0.938. The zero-order valence-electron chi connectivity index (χ0n) is 13.1. The van der Waals surface area contributed by atoms with Crippen LogP contribution in [0.4, 0.5) is 0 Å². The number of rotatable bonds is 1. The normalized spacial score (nSPS) is 35.0. The second-order valence-corrected chi connectivity index (χ2v) is 7.49. The van der Waals surface area contributed by atoms with Crippen molar-refractivity contribution < 1.29 is 0 Å². The van der Waals surface area contributed by atoms with E-state index < -0.39 is 0 Å². The van der Waals surface area contributed by atoms with E-state index in [2.05, 4.69) is 43.7 Å². The standard InChI is InChI=1S/C16H29N3/c1-15(2,3)14-7-5-6-8-16(14,13-17)19-11-9-18(4)10-12-19/h14H,5-12H2,1-4H3. The van der Waals surface area contributed by atoms with Crippen molar-refractivity contribution in [2.75, 3.05) is 33.2 Å². The Morgan fingerprint density at radius 2 is 1.74 bits per heavy atom. The maximum Gasteiger partial charge on any atom is 0.112 e. The van der Waals surface area contributed by atoms with E-state index in [1.807, 2.05) is 0 Å². The van der Waals surface area contributed by atoms with Crippen molar-refractivity contribution in [1.82, 2.24) is 9.80 Å². The first-order valence-corrected chi connectivity index (χ1v) is 7.75. The van der Waals surface area contributed by atoms with Crippen LogP contribution >= 0.6 is 0 Å². The summed E-state index contributed by atoms with van der Waals surface area (Å²) in [7, 11) is 2.18. The average Bonchev–Trinajstić information content (AvgIpc) is 2.38. The van der Waals surface area contributed by atoms with E-state index in [1.54, 1.807) is 0 Å². The Balaban J connectivity index is 2.26. The minimum Gasteiger partial charge on any atom is -0.304 e. The van der Waals surface area contributed by atoms with E-state index >= 15 is 0 Å². The molecule has 3 nitrogen and oxygen atoms in total. The summed E-state index contributed by atoms with van der Waals surface area (Å²) in [5, 5.41) is 9.99. The zero-order valence-corrected chi connectivity index (χ0v) is 13.1. The molecule has 1 aliphatic carbocycles. The van der Waals surface area contributed by atoms with Gasteiger partial charge in [0.2, 0.25) is 0 Å². The molecule has 0 bridgehead atoms. The van der Waals surface area contributed by atoms with Gasteiger partial charge in [-0.1, -0.05) is 33.6 Å². The molecule has 19 heavy (non-hydrogen) atoms. The molecule has 1 saturated heterocycles. The van der Waals surface area contributed by atoms with Crippen molar-refractivity contribution >= 4 is 0 Å². The highest BCUT2D eigenvalue weighted by Crippen LogP contribution is 2.47. The van der Waals surface area contributed by atoms with Gasteiger partial charge in [0.15, 0.2) is 0 Å². The summed E-state index contributed by atoms with van der Waals surface area (Å²) < 4.78 is 0. The molecule has 0 aromatic heterocycles. The van der Waals surface area contributed by atoms with Gasteiger partial charge in [0.25, 0.3) is 0 Å². The molecular formula is C16H29N3. The summed E-state index contributed by atoms with van der Waals surface area (Å²) in [5.74, 6) is 0.502. The third kappa shape index (κ3) is 2.80. The van der Waals surface area contributed by atoms with Gasteiger partial charge in [0.05, 0.1) is 6.07 Å². The summed E-state index contributed by atoms with van der Waals surface area (Å²) in [6, 6.07) is 2.77. The molecule has 0 N–H and O–H groups in total. The molecule has 1 heterocycles. The van der Waals surface area contributed by atoms with E-state index in [-0.39, 0.29) is 11.0 Å². The van der Waals surface area contributed by atoms with Gasteiger partial charge < -0.3 is 4.90 Å². The number of hydrogen-bond acceptors (Lipinski definition) is 3. The minimum atomic E-state index is -0.211. The van der Waals surface area contributed by atoms with Gasteiger partial charge in [-0.05, 0) is 31.2 Å². The highest BCUT2D eigenvalue weighted by Gasteiger charge is 2.50. The van der Waals surface area contributed by atoms with E-state index in [4.69, 9.17) is 0 Å². The Bertz CT molecular complexity index is 344. The molecule has 2 fully saturated rings. The second kappa shape index (κ2) is 5.42. The van der Waals surface area contributed by atoms with Crippen molar-refractivity contribution in [2.24, 2.45) is 11.3 Å². The SMILES string of the molecule is CN1CCN(C2(C#N)CCCCC2C(C)(C)C)CC1. The topological polar surface area (TPSA) is 30.3 Å². The summed E-state index contributed by atoms with van der Waals surface area (Å²) in [5.41, 5.74) is 0.0112. The Hall–Kier alpha value is -0.590. The van der Waals surface area contributed by atoms with Gasteiger partial charge in [-0.2, -0.15) is 5.26 Å². The molecule has 0 aromatic carbocycles. The third-order valence-electron chi connectivity index (χ3n) is 5.18. The van der Waals surface area contributed by atoms with Crippen molar-refractivity contribution in [3.8, 4) is 6.07 Å². The second-order valence-electron chi connectivity index (χ2n) is 7.49. The molecule has 2 atom stereocenters. The first-order valence-electron chi connectivity index (χ1n) is 7.75. The van der Waals surface area contributed by atoms with E-state index in [9.17, 15) is 5.26 Å². The van der Waals surface area contributed by atoms with Crippen LogP contribution in [-0.4, -0.2) is 48.6 Å². The van der Waals surface area contributed by atoms with Crippen LogP contribution in [0.2, 0.25) is 0 Å². The maximum absolute atomic E-state index is 9.99. The fourth-order valence-corrected chi connectivity index (χ4v) is 4.09. The summed E-state index contributed by atoms with van der Waals surface area (Å²) in [6.07, 6.45) is 4.78. The van der Waals surface area contributed by atoms with Crippen LogP contribution in [0.1, 0.15) is 46.5 Å². The number of piperazine rings is 1. The first-order chi connectivity index (χ1) is 8.90. The van der Waals surface area contributed by atoms with Crippen LogP contribution in [-0.2, 0) is 0 Å². The molecular weight excluding hydrogens is 234 g/mol. The molecule has 2 unspecified atom stereocenters. The molecule has 1 aliphatic heterocycles. The summed E-state index contributed by atoms with van der Waals surface area (Å²) >= 11 is 0. The lowest BCUT2D eigenvalue weighted by Crippen LogP contribution is -2.62. The third-order valence-corrected chi connectivity index (χ3v) is 5.18. The van der Waals surface area contributed by atoms with Crippen LogP contribution in [0, 0.1) is 22.7 Å². The quantitative estimate of drug-likeness (QED) is 0.729. The first kappa shape index (κ1) is 14.8. The average molecular weight is 263 g/mol. The lowest BCUT2D eigenvalue weighted by molar-refractivity contribution is -0.0286. The predicted octanol–water partition coefficient (Wildman–Crippen LogP) is 2.73. The fourth-order valence-electron chi connectivity index (χ4n) is 4.09. The van der Waals surface area contributed by atoms with Crippen LogP contribution < -0.4 is 0 Å². The molecule has 2 aliphatic rings. The number of nitriles is 1. The zero-order chi connectivity index (χ0) is 14.1. The van der Waals surface area contributed by atoms with E-state index in [0.717, 1.165) is 32.6 Å². The molecule has 0 amide bonds. The summed E-state index contributed by atoms with van der Waals surface area (Å²) in [6.45, 7) is 11.2. The highest BCUT2D eigenvalue weighted by molar-refractivity contribution is 5.16. The van der Waals surface area contributed by atoms with Gasteiger partial charge >= 0.3 is 0 Å².